The molecule has 1 rings (SSSR count). The standard InChI is InChI=1S/C7H7IO2/c1-10-6-4-2-3-5(9)7(6)8/h2-4,9H,1H3. The first-order valence-corrected chi connectivity index (χ1v) is 3.85. The third kappa shape index (κ3) is 1.34. The molecule has 1 aromatic carbocycles. The molecular weight excluding hydrogens is 243 g/mol. The topological polar surface area (TPSA) is 29.5 Å². The average Bonchev–Trinajstić information content (AvgIpc) is 1.95. The normalized spacial score (nSPS) is 9.40. The summed E-state index contributed by atoms with van der Waals surface area (Å²) >= 11 is 2.03. The van der Waals surface area contributed by atoms with Gasteiger partial charge in [-0.3, -0.25) is 0 Å². The van der Waals surface area contributed by atoms with E-state index in [1.807, 2.05) is 28.7 Å². The summed E-state index contributed by atoms with van der Waals surface area (Å²) in [4.78, 5) is 0. The van der Waals surface area contributed by atoms with E-state index in [-0.39, 0.29) is 5.75 Å². The zero-order chi connectivity index (χ0) is 7.56. The van der Waals surface area contributed by atoms with Crippen LogP contribution in [0, 0.1) is 3.57 Å². The number of hydrogen-bond donors (Lipinski definition) is 1. The van der Waals surface area contributed by atoms with Gasteiger partial charge in [-0.15, -0.1) is 0 Å². The van der Waals surface area contributed by atoms with Gasteiger partial charge in [0.25, 0.3) is 0 Å². The molecule has 0 amide bonds. The Hall–Kier alpha value is -0.450. The first-order valence-electron chi connectivity index (χ1n) is 2.77. The maximum Gasteiger partial charge on any atom is 0.135 e. The molecule has 0 bridgehead atoms. The summed E-state index contributed by atoms with van der Waals surface area (Å²) in [5, 5.41) is 9.14. The SMILES string of the molecule is COc1cccc(O)c1I. The van der Waals surface area contributed by atoms with Crippen LogP contribution in [0.3, 0.4) is 0 Å². The average molecular weight is 250 g/mol. The molecule has 0 unspecified atom stereocenters. The van der Waals surface area contributed by atoms with Gasteiger partial charge in [-0.05, 0) is 34.7 Å². The number of phenolic OH excluding ortho intramolecular Hbond substituents is 1. The molecule has 2 nitrogen and oxygen atoms in total. The lowest BCUT2D eigenvalue weighted by Crippen LogP contribution is -1.85. The Balaban J connectivity index is 3.14. The van der Waals surface area contributed by atoms with Crippen molar-refractivity contribution in [3.05, 3.63) is 21.8 Å². The van der Waals surface area contributed by atoms with Crippen molar-refractivity contribution in [3.63, 3.8) is 0 Å². The summed E-state index contributed by atoms with van der Waals surface area (Å²) in [7, 11) is 1.58. The fraction of sp³-hybridized carbons (Fsp3) is 0.143. The number of halogens is 1. The van der Waals surface area contributed by atoms with Crippen LogP contribution in [0.4, 0.5) is 0 Å². The molecule has 10 heavy (non-hydrogen) atoms. The van der Waals surface area contributed by atoms with Crippen LogP contribution in [0.1, 0.15) is 0 Å². The predicted octanol–water partition coefficient (Wildman–Crippen LogP) is 2.01. The van der Waals surface area contributed by atoms with Crippen molar-refractivity contribution in [2.24, 2.45) is 0 Å². The highest BCUT2D eigenvalue weighted by molar-refractivity contribution is 14.1. The fourth-order valence-corrected chi connectivity index (χ4v) is 1.24. The Morgan fingerprint density at radius 2 is 2.20 bits per heavy atom. The fourth-order valence-electron chi connectivity index (χ4n) is 0.657. The van der Waals surface area contributed by atoms with Crippen molar-refractivity contribution in [1.29, 1.82) is 0 Å². The zero-order valence-corrected chi connectivity index (χ0v) is 7.62. The summed E-state index contributed by atoms with van der Waals surface area (Å²) in [6, 6.07) is 5.18. The Labute approximate surface area is 73.0 Å². The zero-order valence-electron chi connectivity index (χ0n) is 5.47. The van der Waals surface area contributed by atoms with Crippen LogP contribution in [0.2, 0.25) is 0 Å². The van der Waals surface area contributed by atoms with Gasteiger partial charge in [0.05, 0.1) is 10.7 Å². The van der Waals surface area contributed by atoms with Crippen LogP contribution in [0.25, 0.3) is 0 Å². The minimum absolute atomic E-state index is 0.264. The molecule has 0 heterocycles. The molecule has 54 valence electrons. The van der Waals surface area contributed by atoms with Gasteiger partial charge in [0.1, 0.15) is 11.5 Å². The van der Waals surface area contributed by atoms with E-state index in [0.29, 0.717) is 5.75 Å². The van der Waals surface area contributed by atoms with Gasteiger partial charge >= 0.3 is 0 Å². The molecule has 0 aromatic heterocycles. The van der Waals surface area contributed by atoms with Crippen LogP contribution in [0.5, 0.6) is 11.5 Å². The van der Waals surface area contributed by atoms with E-state index in [4.69, 9.17) is 9.84 Å². The van der Waals surface area contributed by atoms with Crippen molar-refractivity contribution in [1.82, 2.24) is 0 Å². The predicted molar refractivity (Wildman–Crippen MR) is 47.4 cm³/mol. The highest BCUT2D eigenvalue weighted by Crippen LogP contribution is 2.28. The van der Waals surface area contributed by atoms with Gasteiger partial charge in [-0.2, -0.15) is 0 Å². The number of phenols is 1. The molecule has 1 aromatic rings. The summed E-state index contributed by atoms with van der Waals surface area (Å²) in [6.45, 7) is 0. The van der Waals surface area contributed by atoms with Crippen LogP contribution >= 0.6 is 22.6 Å². The largest absolute Gasteiger partial charge is 0.507 e. The monoisotopic (exact) mass is 250 g/mol. The Bertz CT molecular complexity index is 235. The minimum atomic E-state index is 0.264. The lowest BCUT2D eigenvalue weighted by atomic mass is 10.3. The first kappa shape index (κ1) is 7.65. The van der Waals surface area contributed by atoms with E-state index >= 15 is 0 Å². The molecular formula is C7H7IO2. The second-order valence-electron chi connectivity index (χ2n) is 1.79. The van der Waals surface area contributed by atoms with Gasteiger partial charge in [0.15, 0.2) is 0 Å². The molecule has 3 heteroatoms. The van der Waals surface area contributed by atoms with Gasteiger partial charge in [0, 0.05) is 0 Å². The molecule has 0 aliphatic carbocycles. The van der Waals surface area contributed by atoms with E-state index in [1.54, 1.807) is 19.2 Å². The lowest BCUT2D eigenvalue weighted by molar-refractivity contribution is 0.403. The maximum atomic E-state index is 9.14. The first-order chi connectivity index (χ1) is 4.75. The van der Waals surface area contributed by atoms with Crippen molar-refractivity contribution >= 4 is 22.6 Å². The van der Waals surface area contributed by atoms with Gasteiger partial charge < -0.3 is 9.84 Å². The maximum absolute atomic E-state index is 9.14. The van der Waals surface area contributed by atoms with Crippen molar-refractivity contribution in [3.8, 4) is 11.5 Å². The summed E-state index contributed by atoms with van der Waals surface area (Å²) in [6.07, 6.45) is 0. The Morgan fingerprint density at radius 3 is 2.70 bits per heavy atom. The Kier molecular flexibility index (Phi) is 2.37. The van der Waals surface area contributed by atoms with E-state index in [0.717, 1.165) is 3.57 Å². The number of ether oxygens (including phenoxy) is 1. The number of rotatable bonds is 1. The molecule has 0 fully saturated rings. The van der Waals surface area contributed by atoms with E-state index < -0.39 is 0 Å². The van der Waals surface area contributed by atoms with E-state index in [1.165, 1.54) is 0 Å². The molecule has 0 aliphatic heterocycles. The number of aromatic hydroxyl groups is 1. The lowest BCUT2D eigenvalue weighted by Gasteiger charge is -2.02. The van der Waals surface area contributed by atoms with E-state index in [2.05, 4.69) is 0 Å². The van der Waals surface area contributed by atoms with Crippen molar-refractivity contribution in [2.75, 3.05) is 7.11 Å². The molecule has 0 aliphatic rings. The number of methoxy groups -OCH3 is 1. The Morgan fingerprint density at radius 1 is 1.50 bits per heavy atom. The third-order valence-corrected chi connectivity index (χ3v) is 2.25. The second kappa shape index (κ2) is 3.09. The van der Waals surface area contributed by atoms with Crippen molar-refractivity contribution in [2.45, 2.75) is 0 Å². The molecule has 1 N–H and O–H groups in total. The van der Waals surface area contributed by atoms with Crippen LogP contribution in [0.15, 0.2) is 18.2 Å². The molecule has 0 atom stereocenters. The van der Waals surface area contributed by atoms with Crippen molar-refractivity contribution < 1.29 is 9.84 Å². The third-order valence-electron chi connectivity index (χ3n) is 1.16. The van der Waals surface area contributed by atoms with E-state index in [9.17, 15) is 0 Å². The van der Waals surface area contributed by atoms with Gasteiger partial charge in [-0.25, -0.2) is 0 Å². The highest BCUT2D eigenvalue weighted by Gasteiger charge is 2.01. The second-order valence-corrected chi connectivity index (χ2v) is 2.87. The van der Waals surface area contributed by atoms with Crippen LogP contribution < -0.4 is 4.74 Å². The summed E-state index contributed by atoms with van der Waals surface area (Å²) in [5.41, 5.74) is 0. The smallest absolute Gasteiger partial charge is 0.135 e. The molecule has 0 saturated heterocycles. The number of benzene rings is 1. The minimum Gasteiger partial charge on any atom is -0.507 e. The quantitative estimate of drug-likeness (QED) is 0.772. The van der Waals surface area contributed by atoms with Gasteiger partial charge in [0.2, 0.25) is 0 Å². The molecule has 0 spiro atoms. The van der Waals surface area contributed by atoms with Gasteiger partial charge in [-0.1, -0.05) is 6.07 Å². The number of hydrogen-bond acceptors (Lipinski definition) is 2. The summed E-state index contributed by atoms with van der Waals surface area (Å²) < 4.78 is 5.71. The van der Waals surface area contributed by atoms with Crippen LogP contribution in [-0.2, 0) is 0 Å². The highest BCUT2D eigenvalue weighted by atomic mass is 127. The molecule has 0 radical (unpaired) electrons. The van der Waals surface area contributed by atoms with Crippen LogP contribution in [-0.4, -0.2) is 12.2 Å². The molecule has 0 saturated carbocycles. The summed E-state index contributed by atoms with van der Waals surface area (Å²) in [5.74, 6) is 0.973.